The zero-order valence-corrected chi connectivity index (χ0v) is 15.6. The number of aryl methyl sites for hydroxylation is 1. The van der Waals surface area contributed by atoms with Crippen LogP contribution >= 0.6 is 15.9 Å². The summed E-state index contributed by atoms with van der Waals surface area (Å²) in [6.07, 6.45) is 2.34. The number of benzene rings is 1. The van der Waals surface area contributed by atoms with E-state index in [1.807, 2.05) is 47.9 Å². The first-order valence-electron chi connectivity index (χ1n) is 8.20. The van der Waals surface area contributed by atoms with Gasteiger partial charge in [-0.2, -0.15) is 0 Å². The van der Waals surface area contributed by atoms with Gasteiger partial charge in [0.2, 0.25) is 0 Å². The molecule has 6 nitrogen and oxygen atoms in total. The number of aliphatic imine (C=N–C) groups is 1. The Balaban J connectivity index is 2.04. The minimum atomic E-state index is -1.04. The molecule has 0 bridgehead atoms. The van der Waals surface area contributed by atoms with Crippen LogP contribution in [0.2, 0.25) is 0 Å². The summed E-state index contributed by atoms with van der Waals surface area (Å²) in [5.74, 6) is -0.331. The van der Waals surface area contributed by atoms with E-state index in [4.69, 9.17) is 4.99 Å². The van der Waals surface area contributed by atoms with Crippen molar-refractivity contribution in [2.24, 2.45) is 4.99 Å². The van der Waals surface area contributed by atoms with E-state index in [0.29, 0.717) is 17.9 Å². The maximum Gasteiger partial charge on any atom is 0.356 e. The molecule has 4 rings (SSSR count). The molecule has 3 aromatic rings. The van der Waals surface area contributed by atoms with Gasteiger partial charge in [0.05, 0.1) is 29.3 Å². The van der Waals surface area contributed by atoms with Crippen LogP contribution in [0.25, 0.3) is 5.69 Å². The van der Waals surface area contributed by atoms with Crippen LogP contribution in [0.5, 0.6) is 0 Å². The van der Waals surface area contributed by atoms with Gasteiger partial charge in [0.15, 0.2) is 5.69 Å². The van der Waals surface area contributed by atoms with E-state index in [2.05, 4.69) is 25.9 Å². The molecule has 0 spiro atoms. The molecule has 0 saturated heterocycles. The van der Waals surface area contributed by atoms with E-state index >= 15 is 0 Å². The highest BCUT2D eigenvalue weighted by Gasteiger charge is 2.27. The molecule has 1 aromatic carbocycles. The molecule has 0 amide bonds. The standard InChI is InChI=1S/C19H15BrN4O2/c1-2-16-23-18(19(25)26)15-10-22-17(13-5-3-4-8-21-13)12-9-11(20)6-7-14(12)24(15)16/h3-9H,2,10H2,1H3,(H,25,26). The SMILES string of the molecule is CCc1nc(C(=O)O)c2n1-c1ccc(Br)cc1C(c1ccccn1)=NC2. The van der Waals surface area contributed by atoms with Gasteiger partial charge in [0, 0.05) is 22.7 Å². The Labute approximate surface area is 158 Å². The summed E-state index contributed by atoms with van der Waals surface area (Å²) in [7, 11) is 0. The molecular formula is C19H15BrN4O2. The summed E-state index contributed by atoms with van der Waals surface area (Å²) < 4.78 is 2.84. The molecule has 7 heteroatoms. The number of nitrogens with zero attached hydrogens (tertiary/aromatic N) is 4. The number of carboxylic acids is 1. The van der Waals surface area contributed by atoms with Gasteiger partial charge in [0.25, 0.3) is 0 Å². The van der Waals surface area contributed by atoms with Crippen molar-refractivity contribution >= 4 is 27.6 Å². The van der Waals surface area contributed by atoms with E-state index in [0.717, 1.165) is 27.1 Å². The summed E-state index contributed by atoms with van der Waals surface area (Å²) in [6.45, 7) is 2.19. The second-order valence-electron chi connectivity index (χ2n) is 5.86. The number of halogens is 1. The first-order chi connectivity index (χ1) is 12.6. The minimum Gasteiger partial charge on any atom is -0.476 e. The van der Waals surface area contributed by atoms with Gasteiger partial charge >= 0.3 is 5.97 Å². The predicted octanol–water partition coefficient (Wildman–Crippen LogP) is 3.64. The molecular weight excluding hydrogens is 396 g/mol. The molecule has 1 N–H and O–H groups in total. The Morgan fingerprint density at radius 1 is 1.31 bits per heavy atom. The zero-order valence-electron chi connectivity index (χ0n) is 14.0. The number of carboxylic acid groups (broad SMARTS) is 1. The number of imidazole rings is 1. The number of hydrogen-bond donors (Lipinski definition) is 1. The quantitative estimate of drug-likeness (QED) is 0.714. The van der Waals surface area contributed by atoms with Crippen molar-refractivity contribution in [3.8, 4) is 5.69 Å². The van der Waals surface area contributed by atoms with Gasteiger partial charge in [-0.05, 0) is 30.3 Å². The van der Waals surface area contributed by atoms with Crippen LogP contribution in [0.15, 0.2) is 52.1 Å². The number of aromatic nitrogens is 3. The molecule has 0 unspecified atom stereocenters. The van der Waals surface area contributed by atoms with Crippen LogP contribution in [0, 0.1) is 0 Å². The molecule has 2 aromatic heterocycles. The van der Waals surface area contributed by atoms with Gasteiger partial charge in [-0.3, -0.25) is 14.5 Å². The minimum absolute atomic E-state index is 0.0572. The summed E-state index contributed by atoms with van der Waals surface area (Å²) >= 11 is 3.53. The van der Waals surface area contributed by atoms with Crippen LogP contribution in [0.3, 0.4) is 0 Å². The monoisotopic (exact) mass is 410 g/mol. The lowest BCUT2D eigenvalue weighted by molar-refractivity contribution is 0.0689. The lowest BCUT2D eigenvalue weighted by Gasteiger charge is -2.14. The highest BCUT2D eigenvalue weighted by Crippen LogP contribution is 2.30. The topological polar surface area (TPSA) is 80.4 Å². The van der Waals surface area contributed by atoms with Gasteiger partial charge in [-0.15, -0.1) is 0 Å². The van der Waals surface area contributed by atoms with Crippen LogP contribution in [0.4, 0.5) is 0 Å². The van der Waals surface area contributed by atoms with Crippen LogP contribution in [-0.2, 0) is 13.0 Å². The summed E-state index contributed by atoms with van der Waals surface area (Å²) in [6, 6.07) is 11.5. The third-order valence-electron chi connectivity index (χ3n) is 4.31. The van der Waals surface area contributed by atoms with E-state index in [1.54, 1.807) is 6.20 Å². The van der Waals surface area contributed by atoms with Gasteiger partial charge < -0.3 is 5.11 Å². The second-order valence-corrected chi connectivity index (χ2v) is 6.77. The Morgan fingerprint density at radius 2 is 2.15 bits per heavy atom. The largest absolute Gasteiger partial charge is 0.476 e. The molecule has 130 valence electrons. The van der Waals surface area contributed by atoms with Crippen molar-refractivity contribution in [2.75, 3.05) is 0 Å². The van der Waals surface area contributed by atoms with Gasteiger partial charge in [-0.25, -0.2) is 9.78 Å². The number of aromatic carboxylic acids is 1. The number of pyridine rings is 1. The van der Waals surface area contributed by atoms with E-state index in [1.165, 1.54) is 0 Å². The fraction of sp³-hybridized carbons (Fsp3) is 0.158. The number of carbonyl (C=O) groups is 1. The zero-order chi connectivity index (χ0) is 18.3. The summed E-state index contributed by atoms with van der Waals surface area (Å²) in [4.78, 5) is 25.2. The van der Waals surface area contributed by atoms with Crippen molar-refractivity contribution in [2.45, 2.75) is 19.9 Å². The summed E-state index contributed by atoms with van der Waals surface area (Å²) in [5, 5.41) is 9.57. The molecule has 26 heavy (non-hydrogen) atoms. The van der Waals surface area contributed by atoms with Crippen molar-refractivity contribution in [3.63, 3.8) is 0 Å². The number of rotatable bonds is 3. The average molecular weight is 411 g/mol. The van der Waals surface area contributed by atoms with Crippen molar-refractivity contribution in [1.29, 1.82) is 0 Å². The predicted molar refractivity (Wildman–Crippen MR) is 101 cm³/mol. The first-order valence-corrected chi connectivity index (χ1v) is 8.99. The van der Waals surface area contributed by atoms with E-state index in [-0.39, 0.29) is 12.2 Å². The molecule has 1 aliphatic heterocycles. The number of fused-ring (bicyclic) bond motifs is 3. The molecule has 0 fully saturated rings. The van der Waals surface area contributed by atoms with Crippen molar-refractivity contribution < 1.29 is 9.90 Å². The molecule has 0 saturated carbocycles. The highest BCUT2D eigenvalue weighted by atomic mass is 79.9. The molecule has 3 heterocycles. The van der Waals surface area contributed by atoms with Crippen LogP contribution in [0.1, 0.15) is 40.2 Å². The van der Waals surface area contributed by atoms with Gasteiger partial charge in [0.1, 0.15) is 5.82 Å². The van der Waals surface area contributed by atoms with Crippen molar-refractivity contribution in [1.82, 2.24) is 14.5 Å². The fourth-order valence-corrected chi connectivity index (χ4v) is 3.56. The summed E-state index contributed by atoms with van der Waals surface area (Å²) in [5.41, 5.74) is 3.89. The third kappa shape index (κ3) is 2.64. The molecule has 0 aliphatic carbocycles. The van der Waals surface area contributed by atoms with Crippen molar-refractivity contribution in [3.05, 3.63) is 75.5 Å². The Bertz CT molecular complexity index is 1040. The van der Waals surface area contributed by atoms with Gasteiger partial charge in [-0.1, -0.05) is 28.9 Å². The maximum atomic E-state index is 11.7. The Morgan fingerprint density at radius 3 is 2.85 bits per heavy atom. The molecule has 0 atom stereocenters. The first kappa shape index (κ1) is 16.7. The van der Waals surface area contributed by atoms with Crippen LogP contribution < -0.4 is 0 Å². The van der Waals surface area contributed by atoms with Crippen LogP contribution in [-0.4, -0.2) is 31.3 Å². The molecule has 0 radical (unpaired) electrons. The normalized spacial score (nSPS) is 12.8. The fourth-order valence-electron chi connectivity index (χ4n) is 3.20. The maximum absolute atomic E-state index is 11.7. The molecule has 1 aliphatic rings. The smallest absolute Gasteiger partial charge is 0.356 e. The lowest BCUT2D eigenvalue weighted by atomic mass is 10.0. The highest BCUT2D eigenvalue weighted by molar-refractivity contribution is 9.10. The average Bonchev–Trinajstić information content (AvgIpc) is 2.93. The van der Waals surface area contributed by atoms with E-state index in [9.17, 15) is 9.90 Å². The van der Waals surface area contributed by atoms with E-state index < -0.39 is 5.97 Å². The Kier molecular flexibility index (Phi) is 4.16. The Hall–Kier alpha value is -2.80. The lowest BCUT2D eigenvalue weighted by Crippen LogP contribution is -2.10. The third-order valence-corrected chi connectivity index (χ3v) is 4.80. The number of hydrogen-bond acceptors (Lipinski definition) is 4. The second kappa shape index (κ2) is 6.49.